The molecule has 0 bridgehead atoms. The molecule has 2 saturated heterocycles. The van der Waals surface area contributed by atoms with Gasteiger partial charge in [-0.25, -0.2) is 15.0 Å². The van der Waals surface area contributed by atoms with Crippen LogP contribution in [0, 0.1) is 12.8 Å². The van der Waals surface area contributed by atoms with Crippen molar-refractivity contribution in [3.8, 4) is 46.0 Å². The molecule has 2 fully saturated rings. The van der Waals surface area contributed by atoms with Crippen LogP contribution < -0.4 is 48.1 Å². The minimum atomic E-state index is -4.40. The molecule has 2 amide bonds. The van der Waals surface area contributed by atoms with Crippen molar-refractivity contribution in [1.29, 1.82) is 0 Å². The molecule has 0 aliphatic carbocycles. The molecular weight excluding hydrogens is 1600 g/mol. The number of methoxy groups -OCH3 is 2. The fourth-order valence-corrected chi connectivity index (χ4v) is 17.4. The molecule has 7 aromatic carbocycles. The van der Waals surface area contributed by atoms with Crippen LogP contribution in [0.15, 0.2) is 193 Å². The normalized spacial score (nSPS) is 14.5. The number of pyridine rings is 1. The van der Waals surface area contributed by atoms with E-state index in [1.54, 1.807) is 44.5 Å². The molecule has 29 heteroatoms. The molecule has 11 aromatic rings. The van der Waals surface area contributed by atoms with E-state index in [0.29, 0.717) is 126 Å². The predicted octanol–water partition coefficient (Wildman–Crippen LogP) is 17.1. The van der Waals surface area contributed by atoms with Crippen molar-refractivity contribution in [1.82, 2.24) is 49.8 Å². The van der Waals surface area contributed by atoms with E-state index in [1.807, 2.05) is 93.8 Å². The first-order valence-electron chi connectivity index (χ1n) is 40.3. The maximum absolute atomic E-state index is 13.5. The summed E-state index contributed by atoms with van der Waals surface area (Å²) in [5, 5.41) is 11.5. The quantitative estimate of drug-likeness (QED) is 0.0399. The molecule has 0 saturated carbocycles. The van der Waals surface area contributed by atoms with Crippen LogP contribution in [-0.2, 0) is 87.6 Å². The summed E-state index contributed by atoms with van der Waals surface area (Å²) in [6, 6.07) is 50.1. The second-order valence-electron chi connectivity index (χ2n) is 29.9. The van der Waals surface area contributed by atoms with Gasteiger partial charge in [0.15, 0.2) is 34.5 Å². The molecule has 16 rings (SSSR count). The van der Waals surface area contributed by atoms with Crippen molar-refractivity contribution in [2.24, 2.45) is 5.92 Å². The zero-order valence-electron chi connectivity index (χ0n) is 68.4. The van der Waals surface area contributed by atoms with E-state index in [0.717, 1.165) is 134 Å². The molecule has 9 heterocycles. The summed E-state index contributed by atoms with van der Waals surface area (Å²) in [7, 11) is 3.32. The van der Waals surface area contributed by atoms with Crippen molar-refractivity contribution in [2.75, 3.05) is 85.4 Å². The number of hydrogen-bond donors (Lipinski definition) is 1. The Hall–Kier alpha value is -11.6. The highest BCUT2D eigenvalue weighted by Crippen LogP contribution is 2.38. The van der Waals surface area contributed by atoms with E-state index in [-0.39, 0.29) is 44.1 Å². The number of ether oxygens (including phenoxy) is 9. The van der Waals surface area contributed by atoms with Crippen LogP contribution in [0.2, 0.25) is 0 Å². The zero-order valence-corrected chi connectivity index (χ0v) is 70.8. The topological polar surface area (TPSA) is 217 Å². The molecule has 1 atom stereocenters. The van der Waals surface area contributed by atoms with Gasteiger partial charge in [-0.15, -0.1) is 34.0 Å². The summed E-state index contributed by atoms with van der Waals surface area (Å²) in [5.74, 6) is 5.28. The number of aromatic nitrogens is 4. The van der Waals surface area contributed by atoms with E-state index in [1.165, 1.54) is 68.5 Å². The van der Waals surface area contributed by atoms with Gasteiger partial charge < -0.3 is 62.6 Å². The van der Waals surface area contributed by atoms with Gasteiger partial charge in [-0.1, -0.05) is 116 Å². The lowest BCUT2D eigenvalue weighted by Crippen LogP contribution is -2.49. The van der Waals surface area contributed by atoms with Gasteiger partial charge in [0.25, 0.3) is 11.8 Å². The van der Waals surface area contributed by atoms with Crippen LogP contribution in [0.1, 0.15) is 130 Å². The number of piperazine rings is 1. The monoisotopic (exact) mass is 1700 g/mol. The Bertz CT molecular complexity index is 5340. The second kappa shape index (κ2) is 41.1. The maximum atomic E-state index is 13.5. The van der Waals surface area contributed by atoms with Gasteiger partial charge in [0.2, 0.25) is 20.4 Å². The Labute approximate surface area is 714 Å². The lowest BCUT2D eigenvalue weighted by molar-refractivity contribution is -0.149. The summed E-state index contributed by atoms with van der Waals surface area (Å²) in [6.07, 6.45) is 2.82. The average Bonchev–Trinajstić information content (AvgIpc) is 1.39. The van der Waals surface area contributed by atoms with Gasteiger partial charge in [-0.2, -0.15) is 13.2 Å². The van der Waals surface area contributed by atoms with Crippen LogP contribution in [0.5, 0.6) is 46.0 Å². The number of nitrogens with zero attached hydrogens (tertiary/aromatic N) is 10. The standard InChI is InChI=1S/C35H40N4O5S.C29H33N3O5S.C28H25F3N4O2S/c1-4-7-26-8-5-6-9-30(26)38-14-16-39(17-15-38)35(40)29-23-45-34(36-29)22-37(20-25-10-13-31-33(18-25)44-24-43-31)21-27-11-12-28(41-2)19-32(27)42-3;1-3-35-29(34)23-5-4-12-32(16-23)28(33)24-18-38-27(30-24)17-31(14-21-8-6-20(2)7-9-21)15-22-10-11-25-26(13-22)37-19-36-25;1-19(33-13-22-5-3-9-32-12-22)24-17-38-27(34-24)16-35(14-20-4-2-6-23(10-20)28(29,30)31)15-21-7-8-25-26(11-21)37-18-36-25/h5-6,8-13,18-19,23H,4,7,14-17,20-22,24H2,1-3H3;6-11,13,18,23H,3-5,12,14-17,19H2,1-2H3;2-12,17,33H,1,13-16,18H2. The number of nitrogens with one attached hydrogen (secondary N) is 1. The smallest absolute Gasteiger partial charge is 0.416 e. The predicted molar refractivity (Wildman–Crippen MR) is 459 cm³/mol. The van der Waals surface area contributed by atoms with Gasteiger partial charge >= 0.3 is 12.1 Å². The van der Waals surface area contributed by atoms with Crippen molar-refractivity contribution < 1.29 is 70.2 Å². The van der Waals surface area contributed by atoms with Crippen LogP contribution in [-0.4, -0.2) is 143 Å². The fraction of sp³-hybridized carbons (Fsp3) is 0.337. The molecule has 4 aromatic heterocycles. The highest BCUT2D eigenvalue weighted by Gasteiger charge is 2.34. The summed E-state index contributed by atoms with van der Waals surface area (Å²) >= 11 is 4.50. The minimum absolute atomic E-state index is 0.00172. The summed E-state index contributed by atoms with van der Waals surface area (Å²) in [6.45, 7) is 20.9. The number of carbonyl (C=O) groups excluding carboxylic acids is 3. The zero-order chi connectivity index (χ0) is 84.2. The third kappa shape index (κ3) is 23.3. The van der Waals surface area contributed by atoms with E-state index in [9.17, 15) is 27.6 Å². The molecule has 5 aliphatic heterocycles. The third-order valence-electron chi connectivity index (χ3n) is 21.1. The van der Waals surface area contributed by atoms with Gasteiger partial charge in [-0.3, -0.25) is 34.1 Å². The molecule has 5 aliphatic rings. The first-order valence-corrected chi connectivity index (χ1v) is 43.0. The number of amides is 2. The van der Waals surface area contributed by atoms with Crippen LogP contribution >= 0.6 is 34.0 Å². The fourth-order valence-electron chi connectivity index (χ4n) is 14.9. The van der Waals surface area contributed by atoms with Gasteiger partial charge in [0.05, 0.1) is 63.3 Å². The largest absolute Gasteiger partial charge is 0.497 e. The number of esters is 1. The minimum Gasteiger partial charge on any atom is -0.497 e. The molecule has 632 valence electrons. The van der Waals surface area contributed by atoms with E-state index in [2.05, 4.69) is 111 Å². The molecule has 1 N–H and O–H groups in total. The third-order valence-corrected chi connectivity index (χ3v) is 23.6. The van der Waals surface area contributed by atoms with Crippen LogP contribution in [0.3, 0.4) is 0 Å². The summed E-state index contributed by atoms with van der Waals surface area (Å²) < 4.78 is 89.3. The molecular formula is C92H98F3N11O12S3. The number of carbonyl (C=O) groups is 3. The molecule has 0 spiro atoms. The van der Waals surface area contributed by atoms with Crippen LogP contribution in [0.4, 0.5) is 18.9 Å². The van der Waals surface area contributed by atoms with E-state index < -0.39 is 11.7 Å². The Morgan fingerprint density at radius 2 is 1.07 bits per heavy atom. The number of fused-ring (bicyclic) bond motifs is 3. The number of thiazole rings is 3. The number of alkyl halides is 3. The Morgan fingerprint density at radius 1 is 0.537 bits per heavy atom. The van der Waals surface area contributed by atoms with Gasteiger partial charge in [-0.05, 0) is 133 Å². The number of halogens is 3. The highest BCUT2D eigenvalue weighted by atomic mass is 32.1. The first kappa shape index (κ1) is 85.8. The van der Waals surface area contributed by atoms with E-state index in [4.69, 9.17) is 57.6 Å². The number of anilines is 1. The highest BCUT2D eigenvalue weighted by molar-refractivity contribution is 7.10. The Kier molecular flexibility index (Phi) is 29.2. The number of likely N-dealkylation sites (tertiary alicyclic amines) is 1. The molecule has 0 radical (unpaired) electrons. The lowest BCUT2D eigenvalue weighted by Gasteiger charge is -2.36. The second-order valence-corrected chi connectivity index (χ2v) is 32.8. The maximum Gasteiger partial charge on any atom is 0.416 e. The number of aryl methyl sites for hydroxylation is 2. The van der Waals surface area contributed by atoms with Crippen molar-refractivity contribution in [2.45, 2.75) is 118 Å². The summed E-state index contributed by atoms with van der Waals surface area (Å²) in [4.78, 5) is 70.1. The molecule has 121 heavy (non-hydrogen) atoms. The van der Waals surface area contributed by atoms with Gasteiger partial charge in [0, 0.05) is 131 Å². The number of benzene rings is 7. The number of rotatable bonds is 31. The van der Waals surface area contributed by atoms with Crippen molar-refractivity contribution in [3.05, 3.63) is 281 Å². The lowest BCUT2D eigenvalue weighted by atomic mass is 9.98. The van der Waals surface area contributed by atoms with Crippen molar-refractivity contribution in [3.63, 3.8) is 0 Å². The average molecular weight is 1700 g/mol. The molecule has 23 nitrogen and oxygen atoms in total. The number of piperidine rings is 1. The van der Waals surface area contributed by atoms with Crippen molar-refractivity contribution >= 4 is 63.2 Å². The van der Waals surface area contributed by atoms with E-state index >= 15 is 0 Å². The number of para-hydroxylation sites is 1. The number of hydrogen-bond acceptors (Lipinski definition) is 24. The van der Waals surface area contributed by atoms with Crippen LogP contribution in [0.25, 0.3) is 5.70 Å². The SMILES string of the molecule is C=C(NCc1cccnc1)c1csc(CN(Cc2cccc(C(F)(F)F)c2)Cc2ccc3c(c2)OCO3)n1.CCCc1ccccc1N1CCN(C(=O)c2csc(CN(Cc3ccc4c(c3)OCO4)Cc3ccc(OC)cc3OC)n2)CC1.CCOC(=O)C1CCCN(C(=O)c2csc(CN(Cc3ccc(C)cc3)Cc3ccc4c(c3)OCO4)n2)C1. The first-order chi connectivity index (χ1) is 58.8. The molecule has 1 unspecified atom stereocenters. The summed E-state index contributed by atoms with van der Waals surface area (Å²) in [5.41, 5.74) is 12.6. The van der Waals surface area contributed by atoms with Gasteiger partial charge in [0.1, 0.15) is 37.9 Å². The Morgan fingerprint density at radius 3 is 1.62 bits per heavy atom. The Balaban J connectivity index is 0.000000149.